The minimum atomic E-state index is 0.180. The van der Waals surface area contributed by atoms with Crippen molar-refractivity contribution in [3.05, 3.63) is 54.4 Å². The van der Waals surface area contributed by atoms with Gasteiger partial charge >= 0.3 is 0 Å². The number of rotatable bonds is 4. The zero-order valence-electron chi connectivity index (χ0n) is 14.6. The molecule has 1 atom stereocenters. The fraction of sp³-hybridized carbons (Fsp3) is 0.429. The van der Waals surface area contributed by atoms with Crippen LogP contribution in [0.3, 0.4) is 0 Å². The molecule has 0 aliphatic carbocycles. The molecule has 25 heavy (non-hydrogen) atoms. The van der Waals surface area contributed by atoms with Crippen molar-refractivity contribution in [2.45, 2.75) is 31.7 Å². The van der Waals surface area contributed by atoms with Gasteiger partial charge in [-0.1, -0.05) is 18.2 Å². The molecule has 1 aromatic heterocycles. The van der Waals surface area contributed by atoms with Crippen molar-refractivity contribution in [3.63, 3.8) is 0 Å². The second kappa shape index (κ2) is 7.36. The fourth-order valence-corrected chi connectivity index (χ4v) is 4.06. The summed E-state index contributed by atoms with van der Waals surface area (Å²) in [6.07, 6.45) is 8.49. The van der Waals surface area contributed by atoms with E-state index in [0.717, 1.165) is 42.6 Å². The number of amides is 1. The van der Waals surface area contributed by atoms with E-state index >= 15 is 0 Å². The maximum absolute atomic E-state index is 13.0. The van der Waals surface area contributed by atoms with E-state index < -0.39 is 0 Å². The van der Waals surface area contributed by atoms with Gasteiger partial charge in [-0.15, -0.1) is 0 Å². The predicted octanol–water partition coefficient (Wildman–Crippen LogP) is 3.45. The smallest absolute Gasteiger partial charge is 0.254 e. The zero-order chi connectivity index (χ0) is 17.1. The fourth-order valence-electron chi connectivity index (χ4n) is 4.06. The molecule has 1 unspecified atom stereocenters. The van der Waals surface area contributed by atoms with Crippen LogP contribution in [0.1, 0.15) is 36.0 Å². The van der Waals surface area contributed by atoms with Crippen molar-refractivity contribution in [1.82, 2.24) is 14.8 Å². The van der Waals surface area contributed by atoms with Crippen LogP contribution in [-0.4, -0.2) is 52.9 Å². The normalized spacial score (nSPS) is 21.0. The van der Waals surface area contributed by atoms with Crippen molar-refractivity contribution < 1.29 is 4.79 Å². The molecule has 4 rings (SSSR count). The molecular weight excluding hydrogens is 310 g/mol. The summed E-state index contributed by atoms with van der Waals surface area (Å²) in [5.41, 5.74) is 2.97. The Morgan fingerprint density at radius 3 is 2.52 bits per heavy atom. The molecule has 0 radical (unpaired) electrons. The van der Waals surface area contributed by atoms with Gasteiger partial charge in [0.2, 0.25) is 0 Å². The van der Waals surface area contributed by atoms with E-state index in [1.807, 2.05) is 42.6 Å². The molecule has 2 saturated heterocycles. The molecule has 130 valence electrons. The lowest BCUT2D eigenvalue weighted by Crippen LogP contribution is -2.42. The Kier molecular flexibility index (Phi) is 4.79. The highest BCUT2D eigenvalue weighted by Gasteiger charge is 2.31. The first-order chi connectivity index (χ1) is 12.3. The van der Waals surface area contributed by atoms with Gasteiger partial charge in [0, 0.05) is 37.1 Å². The molecule has 1 amide bonds. The molecule has 0 bridgehead atoms. The highest BCUT2D eigenvalue weighted by molar-refractivity contribution is 5.95. The van der Waals surface area contributed by atoms with Gasteiger partial charge in [-0.25, -0.2) is 0 Å². The Morgan fingerprint density at radius 2 is 1.80 bits per heavy atom. The van der Waals surface area contributed by atoms with E-state index in [1.165, 1.54) is 25.9 Å². The monoisotopic (exact) mass is 335 g/mol. The molecule has 0 saturated carbocycles. The Morgan fingerprint density at radius 1 is 1.00 bits per heavy atom. The molecule has 1 aromatic carbocycles. The van der Waals surface area contributed by atoms with Crippen LogP contribution < -0.4 is 0 Å². The predicted molar refractivity (Wildman–Crippen MR) is 99.4 cm³/mol. The Hall–Kier alpha value is -2.20. The van der Waals surface area contributed by atoms with Gasteiger partial charge < -0.3 is 9.80 Å². The van der Waals surface area contributed by atoms with Gasteiger partial charge in [0.05, 0.1) is 0 Å². The van der Waals surface area contributed by atoms with Crippen LogP contribution in [0.4, 0.5) is 0 Å². The molecule has 2 fully saturated rings. The number of hydrogen-bond donors (Lipinski definition) is 0. The lowest BCUT2D eigenvalue weighted by atomic mass is 10.0. The van der Waals surface area contributed by atoms with Crippen LogP contribution in [0.5, 0.6) is 0 Å². The van der Waals surface area contributed by atoms with Crippen LogP contribution in [0.25, 0.3) is 11.1 Å². The van der Waals surface area contributed by atoms with Crippen molar-refractivity contribution >= 4 is 5.91 Å². The molecule has 2 aliphatic rings. The van der Waals surface area contributed by atoms with Crippen molar-refractivity contribution in [2.75, 3.05) is 26.2 Å². The van der Waals surface area contributed by atoms with E-state index in [4.69, 9.17) is 0 Å². The van der Waals surface area contributed by atoms with E-state index in [0.29, 0.717) is 6.04 Å². The van der Waals surface area contributed by atoms with Gasteiger partial charge in [-0.3, -0.25) is 9.78 Å². The van der Waals surface area contributed by atoms with E-state index in [2.05, 4.69) is 14.8 Å². The summed E-state index contributed by atoms with van der Waals surface area (Å²) in [7, 11) is 0. The number of carbonyl (C=O) groups is 1. The van der Waals surface area contributed by atoms with Crippen LogP contribution in [-0.2, 0) is 0 Å². The number of nitrogens with zero attached hydrogens (tertiary/aromatic N) is 3. The van der Waals surface area contributed by atoms with Crippen molar-refractivity contribution in [1.29, 1.82) is 0 Å². The van der Waals surface area contributed by atoms with E-state index in [9.17, 15) is 4.79 Å². The average Bonchev–Trinajstić information content (AvgIpc) is 3.34. The minimum absolute atomic E-state index is 0.180. The summed E-state index contributed by atoms with van der Waals surface area (Å²) in [4.78, 5) is 21.7. The quantitative estimate of drug-likeness (QED) is 0.859. The van der Waals surface area contributed by atoms with Crippen LogP contribution >= 0.6 is 0 Å². The van der Waals surface area contributed by atoms with Gasteiger partial charge in [0.25, 0.3) is 5.91 Å². The van der Waals surface area contributed by atoms with Crippen molar-refractivity contribution in [3.8, 4) is 11.1 Å². The molecule has 3 heterocycles. The summed E-state index contributed by atoms with van der Waals surface area (Å²) in [5, 5.41) is 0. The van der Waals surface area contributed by atoms with Gasteiger partial charge in [-0.2, -0.15) is 0 Å². The lowest BCUT2D eigenvalue weighted by Gasteiger charge is -2.28. The molecule has 0 N–H and O–H groups in total. The highest BCUT2D eigenvalue weighted by atomic mass is 16.2. The minimum Gasteiger partial charge on any atom is -0.334 e. The number of pyridine rings is 1. The maximum atomic E-state index is 13.0. The first kappa shape index (κ1) is 16.3. The number of likely N-dealkylation sites (tertiary alicyclic amines) is 2. The van der Waals surface area contributed by atoms with Gasteiger partial charge in [0.1, 0.15) is 0 Å². The molecular formula is C21H25N3O. The first-order valence-electron chi connectivity index (χ1n) is 9.35. The number of aromatic nitrogens is 1. The standard InChI is InChI=1S/C21H25N3O/c25-21(24-14-4-6-20(24)16-23-12-1-2-13-23)18-9-7-17(8-10-18)19-5-3-11-22-15-19/h3,5,7-11,15,20H,1-2,4,6,12-14,16H2. The number of hydrogen-bond acceptors (Lipinski definition) is 3. The summed E-state index contributed by atoms with van der Waals surface area (Å²) < 4.78 is 0. The highest BCUT2D eigenvalue weighted by Crippen LogP contribution is 2.24. The van der Waals surface area contributed by atoms with Crippen molar-refractivity contribution in [2.24, 2.45) is 0 Å². The number of benzene rings is 1. The third-order valence-electron chi connectivity index (χ3n) is 5.43. The number of carbonyl (C=O) groups excluding carboxylic acids is 1. The Bertz CT molecular complexity index is 708. The summed E-state index contributed by atoms with van der Waals surface area (Å²) in [5.74, 6) is 0.180. The third kappa shape index (κ3) is 3.59. The lowest BCUT2D eigenvalue weighted by molar-refractivity contribution is 0.0709. The summed E-state index contributed by atoms with van der Waals surface area (Å²) >= 11 is 0. The second-order valence-electron chi connectivity index (χ2n) is 7.12. The molecule has 2 aliphatic heterocycles. The maximum Gasteiger partial charge on any atom is 0.254 e. The Labute approximate surface area is 149 Å². The van der Waals surface area contributed by atoms with Gasteiger partial charge in [0.15, 0.2) is 0 Å². The molecule has 4 nitrogen and oxygen atoms in total. The Balaban J connectivity index is 1.46. The summed E-state index contributed by atoms with van der Waals surface area (Å²) in [6, 6.07) is 12.3. The van der Waals surface area contributed by atoms with Gasteiger partial charge in [-0.05, 0) is 68.1 Å². The third-order valence-corrected chi connectivity index (χ3v) is 5.43. The largest absolute Gasteiger partial charge is 0.334 e. The SMILES string of the molecule is O=C(c1ccc(-c2cccnc2)cc1)N1CCCC1CN1CCCC1. The van der Waals surface area contributed by atoms with E-state index in [-0.39, 0.29) is 5.91 Å². The molecule has 0 spiro atoms. The van der Waals surface area contributed by atoms with Crippen LogP contribution in [0, 0.1) is 0 Å². The van der Waals surface area contributed by atoms with Crippen LogP contribution in [0.2, 0.25) is 0 Å². The topological polar surface area (TPSA) is 36.4 Å². The second-order valence-corrected chi connectivity index (χ2v) is 7.12. The zero-order valence-corrected chi connectivity index (χ0v) is 14.6. The van der Waals surface area contributed by atoms with E-state index in [1.54, 1.807) is 6.20 Å². The summed E-state index contributed by atoms with van der Waals surface area (Å²) in [6.45, 7) is 4.32. The molecule has 2 aromatic rings. The first-order valence-corrected chi connectivity index (χ1v) is 9.35. The molecule has 4 heteroatoms. The average molecular weight is 335 g/mol. The van der Waals surface area contributed by atoms with Crippen LogP contribution in [0.15, 0.2) is 48.8 Å².